The summed E-state index contributed by atoms with van der Waals surface area (Å²) in [5.74, 6) is 1.11. The molecule has 0 saturated heterocycles. The maximum Gasteiger partial charge on any atom is 0.136 e. The molecule has 0 spiro atoms. The van der Waals surface area contributed by atoms with Crippen LogP contribution in [0.3, 0.4) is 0 Å². The van der Waals surface area contributed by atoms with Gasteiger partial charge in [-0.05, 0) is 27.2 Å². The van der Waals surface area contributed by atoms with Gasteiger partial charge in [0.05, 0.1) is 6.61 Å². The Morgan fingerprint density at radius 2 is 1.83 bits per heavy atom. The van der Waals surface area contributed by atoms with Gasteiger partial charge in [-0.1, -0.05) is 6.92 Å². The quantitative estimate of drug-likeness (QED) is 0.699. The van der Waals surface area contributed by atoms with Gasteiger partial charge in [0, 0.05) is 15.3 Å². The van der Waals surface area contributed by atoms with Crippen LogP contribution in [0.4, 0.5) is 0 Å². The molecule has 0 fully saturated rings. The van der Waals surface area contributed by atoms with Gasteiger partial charge in [0.1, 0.15) is 5.75 Å². The number of aryl methyl sites for hydroxylation is 2. The molecule has 2 heteroatoms. The summed E-state index contributed by atoms with van der Waals surface area (Å²) in [6.07, 6.45) is 1.08. The fourth-order valence-electron chi connectivity index (χ4n) is 1.19. The second kappa shape index (κ2) is 3.94. The second-order valence-electron chi connectivity index (χ2n) is 3.02. The Bertz CT molecular complexity index is 263. The van der Waals surface area contributed by atoms with Crippen molar-refractivity contribution in [3.05, 3.63) is 15.3 Å². The van der Waals surface area contributed by atoms with Gasteiger partial charge >= 0.3 is 0 Å². The van der Waals surface area contributed by atoms with E-state index < -0.39 is 0 Å². The molecule has 0 radical (unpaired) electrons. The summed E-state index contributed by atoms with van der Waals surface area (Å²) in [5.41, 5.74) is 1.31. The molecular weight excluding hydrogens is 168 g/mol. The third-order valence-electron chi connectivity index (χ3n) is 1.95. The van der Waals surface area contributed by atoms with Gasteiger partial charge in [-0.25, -0.2) is 0 Å². The zero-order valence-corrected chi connectivity index (χ0v) is 9.05. The molecular formula is C10H16OS. The normalized spacial score (nSPS) is 10.3. The van der Waals surface area contributed by atoms with E-state index in [0.717, 1.165) is 18.8 Å². The zero-order chi connectivity index (χ0) is 9.14. The summed E-state index contributed by atoms with van der Waals surface area (Å²) in [6, 6.07) is 0. The van der Waals surface area contributed by atoms with Crippen molar-refractivity contribution in [2.24, 2.45) is 0 Å². The van der Waals surface area contributed by atoms with Gasteiger partial charge in [0.25, 0.3) is 0 Å². The summed E-state index contributed by atoms with van der Waals surface area (Å²) in [4.78, 5) is 2.68. The lowest BCUT2D eigenvalue weighted by molar-refractivity contribution is 0.315. The third-order valence-corrected chi connectivity index (χ3v) is 3.05. The number of thiophene rings is 1. The first-order valence-corrected chi connectivity index (χ1v) is 5.17. The summed E-state index contributed by atoms with van der Waals surface area (Å²) in [6.45, 7) is 9.35. The van der Waals surface area contributed by atoms with E-state index in [0.29, 0.717) is 0 Å². The van der Waals surface area contributed by atoms with E-state index in [4.69, 9.17) is 4.74 Å². The van der Waals surface area contributed by atoms with E-state index in [1.807, 2.05) is 11.3 Å². The molecule has 1 aromatic rings. The van der Waals surface area contributed by atoms with Crippen molar-refractivity contribution >= 4 is 11.3 Å². The fraction of sp³-hybridized carbons (Fsp3) is 0.600. The van der Waals surface area contributed by atoms with Crippen molar-refractivity contribution < 1.29 is 4.74 Å². The highest BCUT2D eigenvalue weighted by molar-refractivity contribution is 7.12. The molecule has 0 aliphatic rings. The molecule has 0 aliphatic carbocycles. The minimum atomic E-state index is 0.831. The highest BCUT2D eigenvalue weighted by Gasteiger charge is 2.09. The Hall–Kier alpha value is -0.500. The molecule has 1 nitrogen and oxygen atoms in total. The summed E-state index contributed by atoms with van der Waals surface area (Å²) >= 11 is 1.82. The molecule has 0 bridgehead atoms. The lowest BCUT2D eigenvalue weighted by atomic mass is 10.2. The summed E-state index contributed by atoms with van der Waals surface area (Å²) in [5, 5.41) is 0. The first-order chi connectivity index (χ1) is 5.66. The molecule has 0 N–H and O–H groups in total. The molecule has 0 amide bonds. The Kier molecular flexibility index (Phi) is 3.15. The van der Waals surface area contributed by atoms with Gasteiger partial charge in [-0.15, -0.1) is 11.3 Å². The fourth-order valence-corrected chi connectivity index (χ4v) is 2.20. The largest absolute Gasteiger partial charge is 0.492 e. The maximum absolute atomic E-state index is 5.65. The van der Waals surface area contributed by atoms with Crippen LogP contribution in [0.1, 0.15) is 28.7 Å². The minimum Gasteiger partial charge on any atom is -0.492 e. The number of hydrogen-bond donors (Lipinski definition) is 0. The van der Waals surface area contributed by atoms with Crippen LogP contribution >= 0.6 is 11.3 Å². The van der Waals surface area contributed by atoms with Gasteiger partial charge in [-0.2, -0.15) is 0 Å². The third kappa shape index (κ3) is 1.81. The molecule has 0 saturated carbocycles. The standard InChI is InChI=1S/C10H16OS/c1-5-6-11-10-7(2)8(3)12-9(10)4/h5-6H2,1-4H3. The zero-order valence-electron chi connectivity index (χ0n) is 8.23. The van der Waals surface area contributed by atoms with E-state index in [2.05, 4.69) is 27.7 Å². The van der Waals surface area contributed by atoms with Gasteiger partial charge < -0.3 is 4.74 Å². The van der Waals surface area contributed by atoms with Crippen LogP contribution in [-0.4, -0.2) is 6.61 Å². The van der Waals surface area contributed by atoms with Crippen LogP contribution in [0, 0.1) is 20.8 Å². The van der Waals surface area contributed by atoms with E-state index in [1.165, 1.54) is 15.3 Å². The Morgan fingerprint density at radius 3 is 2.25 bits per heavy atom. The van der Waals surface area contributed by atoms with Crippen molar-refractivity contribution in [2.45, 2.75) is 34.1 Å². The van der Waals surface area contributed by atoms with Crippen LogP contribution in [0.25, 0.3) is 0 Å². The second-order valence-corrected chi connectivity index (χ2v) is 4.45. The Labute approximate surface area is 78.4 Å². The molecule has 0 aromatic carbocycles. The monoisotopic (exact) mass is 184 g/mol. The van der Waals surface area contributed by atoms with Gasteiger partial charge in [-0.3, -0.25) is 0 Å². The van der Waals surface area contributed by atoms with E-state index in [9.17, 15) is 0 Å². The average Bonchev–Trinajstić information content (AvgIpc) is 2.25. The SMILES string of the molecule is CCCOc1c(C)sc(C)c1C. The van der Waals surface area contributed by atoms with Crippen LogP contribution < -0.4 is 4.74 Å². The van der Waals surface area contributed by atoms with Crippen LogP contribution in [-0.2, 0) is 0 Å². The smallest absolute Gasteiger partial charge is 0.136 e. The molecule has 12 heavy (non-hydrogen) atoms. The van der Waals surface area contributed by atoms with Crippen molar-refractivity contribution in [2.75, 3.05) is 6.61 Å². The molecule has 1 heterocycles. The van der Waals surface area contributed by atoms with Crippen LogP contribution in [0.2, 0.25) is 0 Å². The Balaban J connectivity index is 2.82. The predicted octanol–water partition coefficient (Wildman–Crippen LogP) is 3.46. The minimum absolute atomic E-state index is 0.831. The first-order valence-electron chi connectivity index (χ1n) is 4.36. The van der Waals surface area contributed by atoms with E-state index in [1.54, 1.807) is 0 Å². The predicted molar refractivity (Wildman–Crippen MR) is 54.3 cm³/mol. The van der Waals surface area contributed by atoms with E-state index >= 15 is 0 Å². The van der Waals surface area contributed by atoms with Crippen LogP contribution in [0.15, 0.2) is 0 Å². The first kappa shape index (κ1) is 9.59. The lowest BCUT2D eigenvalue weighted by Crippen LogP contribution is -1.96. The van der Waals surface area contributed by atoms with Gasteiger partial charge in [0.2, 0.25) is 0 Å². The van der Waals surface area contributed by atoms with Gasteiger partial charge in [0.15, 0.2) is 0 Å². The molecule has 0 atom stereocenters. The maximum atomic E-state index is 5.65. The van der Waals surface area contributed by atoms with Crippen LogP contribution in [0.5, 0.6) is 5.75 Å². The molecule has 1 aromatic heterocycles. The number of rotatable bonds is 3. The Morgan fingerprint density at radius 1 is 1.17 bits per heavy atom. The molecule has 0 aliphatic heterocycles. The van der Waals surface area contributed by atoms with Crippen molar-refractivity contribution in [3.63, 3.8) is 0 Å². The van der Waals surface area contributed by atoms with Crippen molar-refractivity contribution in [1.29, 1.82) is 0 Å². The highest BCUT2D eigenvalue weighted by atomic mass is 32.1. The van der Waals surface area contributed by atoms with Crippen molar-refractivity contribution in [1.82, 2.24) is 0 Å². The highest BCUT2D eigenvalue weighted by Crippen LogP contribution is 2.33. The molecule has 68 valence electrons. The average molecular weight is 184 g/mol. The summed E-state index contributed by atoms with van der Waals surface area (Å²) < 4.78 is 5.65. The molecule has 0 unspecified atom stereocenters. The molecule has 1 rings (SSSR count). The topological polar surface area (TPSA) is 9.23 Å². The summed E-state index contributed by atoms with van der Waals surface area (Å²) in [7, 11) is 0. The number of hydrogen-bond acceptors (Lipinski definition) is 2. The van der Waals surface area contributed by atoms with E-state index in [-0.39, 0.29) is 0 Å². The lowest BCUT2D eigenvalue weighted by Gasteiger charge is -2.04. The number of ether oxygens (including phenoxy) is 1. The van der Waals surface area contributed by atoms with Crippen molar-refractivity contribution in [3.8, 4) is 5.75 Å².